The monoisotopic (exact) mass is 348 g/mol. The number of hydrogen-bond acceptors (Lipinski definition) is 5. The number of methoxy groups -OCH3 is 1. The minimum Gasteiger partial charge on any atom is -0.497 e. The minimum atomic E-state index is -0.270. The third kappa shape index (κ3) is 3.97. The molecule has 0 aliphatic heterocycles. The van der Waals surface area contributed by atoms with Crippen molar-refractivity contribution in [3.63, 3.8) is 0 Å². The molecule has 3 aromatic rings. The Morgan fingerprint density at radius 1 is 0.923 bits per heavy atom. The molecule has 0 spiro atoms. The molecular weight excluding hydrogens is 328 g/mol. The highest BCUT2D eigenvalue weighted by atomic mass is 16.5. The van der Waals surface area contributed by atoms with E-state index < -0.39 is 0 Å². The summed E-state index contributed by atoms with van der Waals surface area (Å²) >= 11 is 0. The van der Waals surface area contributed by atoms with Gasteiger partial charge in [-0.05, 0) is 55.3 Å². The van der Waals surface area contributed by atoms with Crippen LogP contribution in [0.4, 0.5) is 17.3 Å². The van der Waals surface area contributed by atoms with Crippen LogP contribution in [0.3, 0.4) is 0 Å². The fourth-order valence-electron chi connectivity index (χ4n) is 2.56. The number of carbonyl (C=O) groups excluding carboxylic acids is 1. The highest BCUT2D eigenvalue weighted by Gasteiger charge is 2.09. The van der Waals surface area contributed by atoms with Gasteiger partial charge in [-0.2, -0.15) is 0 Å². The van der Waals surface area contributed by atoms with Crippen molar-refractivity contribution in [2.24, 2.45) is 0 Å². The van der Waals surface area contributed by atoms with E-state index in [9.17, 15) is 4.79 Å². The van der Waals surface area contributed by atoms with E-state index in [1.54, 1.807) is 43.5 Å². The molecule has 0 fully saturated rings. The molecular formula is C20H20N4O2. The van der Waals surface area contributed by atoms with Crippen molar-refractivity contribution in [2.45, 2.75) is 13.8 Å². The molecule has 26 heavy (non-hydrogen) atoms. The summed E-state index contributed by atoms with van der Waals surface area (Å²) < 4.78 is 5.13. The minimum absolute atomic E-state index is 0.270. The van der Waals surface area contributed by atoms with Crippen molar-refractivity contribution in [3.8, 4) is 5.75 Å². The molecule has 0 bridgehead atoms. The van der Waals surface area contributed by atoms with Crippen molar-refractivity contribution in [2.75, 3.05) is 17.7 Å². The summed E-state index contributed by atoms with van der Waals surface area (Å²) in [6, 6.07) is 16.5. The number of anilines is 3. The van der Waals surface area contributed by atoms with Crippen LogP contribution >= 0.6 is 0 Å². The second kappa shape index (κ2) is 7.65. The van der Waals surface area contributed by atoms with E-state index in [2.05, 4.69) is 20.8 Å². The molecule has 6 nitrogen and oxygen atoms in total. The van der Waals surface area contributed by atoms with Crippen molar-refractivity contribution in [1.29, 1.82) is 0 Å². The molecule has 0 aliphatic rings. The molecule has 1 heterocycles. The molecule has 2 N–H and O–H groups in total. The van der Waals surface area contributed by atoms with Crippen molar-refractivity contribution < 1.29 is 9.53 Å². The molecule has 3 rings (SSSR count). The second-order valence-corrected chi connectivity index (χ2v) is 5.88. The van der Waals surface area contributed by atoms with E-state index in [4.69, 9.17) is 4.74 Å². The zero-order chi connectivity index (χ0) is 18.5. The molecule has 6 heteroatoms. The van der Waals surface area contributed by atoms with Gasteiger partial charge in [0, 0.05) is 11.3 Å². The van der Waals surface area contributed by atoms with Gasteiger partial charge in [-0.25, -0.2) is 0 Å². The Labute approximate surface area is 152 Å². The topological polar surface area (TPSA) is 76.1 Å². The summed E-state index contributed by atoms with van der Waals surface area (Å²) in [5.41, 5.74) is 3.75. The Hall–Kier alpha value is -3.41. The van der Waals surface area contributed by atoms with Gasteiger partial charge >= 0.3 is 0 Å². The predicted molar refractivity (Wildman–Crippen MR) is 102 cm³/mol. The lowest BCUT2D eigenvalue weighted by molar-refractivity contribution is 0.102. The number of nitrogens with zero attached hydrogens (tertiary/aromatic N) is 2. The first-order valence-electron chi connectivity index (χ1n) is 8.19. The summed E-state index contributed by atoms with van der Waals surface area (Å²) in [5, 5.41) is 14.2. The summed E-state index contributed by atoms with van der Waals surface area (Å²) in [5.74, 6) is 1.34. The Bertz CT molecular complexity index is 903. The quantitative estimate of drug-likeness (QED) is 0.726. The summed E-state index contributed by atoms with van der Waals surface area (Å²) in [6.07, 6.45) is 0. The zero-order valence-corrected chi connectivity index (χ0v) is 14.9. The van der Waals surface area contributed by atoms with Gasteiger partial charge < -0.3 is 15.4 Å². The lowest BCUT2D eigenvalue weighted by Crippen LogP contribution is -2.13. The maximum atomic E-state index is 12.3. The van der Waals surface area contributed by atoms with Crippen LogP contribution < -0.4 is 15.4 Å². The van der Waals surface area contributed by atoms with Crippen LogP contribution in [0.1, 0.15) is 21.5 Å². The first-order valence-corrected chi connectivity index (χ1v) is 8.19. The van der Waals surface area contributed by atoms with Crippen LogP contribution in [0.15, 0.2) is 54.6 Å². The third-order valence-corrected chi connectivity index (χ3v) is 3.97. The number of aryl methyl sites for hydroxylation is 2. The lowest BCUT2D eigenvalue weighted by atomic mass is 10.1. The van der Waals surface area contributed by atoms with Gasteiger partial charge in [-0.15, -0.1) is 10.2 Å². The average Bonchev–Trinajstić information content (AvgIpc) is 2.66. The van der Waals surface area contributed by atoms with Crippen LogP contribution in [0.2, 0.25) is 0 Å². The summed E-state index contributed by atoms with van der Waals surface area (Å²) in [7, 11) is 1.56. The van der Waals surface area contributed by atoms with Crippen LogP contribution in [-0.4, -0.2) is 23.2 Å². The number of para-hydroxylation sites is 1. The van der Waals surface area contributed by atoms with Crippen LogP contribution in [0.25, 0.3) is 0 Å². The van der Waals surface area contributed by atoms with E-state index in [1.165, 1.54) is 0 Å². The predicted octanol–water partition coefficient (Wildman–Crippen LogP) is 4.10. The van der Waals surface area contributed by atoms with E-state index in [-0.39, 0.29) is 5.91 Å². The van der Waals surface area contributed by atoms with Gasteiger partial charge in [-0.1, -0.05) is 24.3 Å². The first kappa shape index (κ1) is 17.4. The Kier molecular flexibility index (Phi) is 5.12. The number of nitrogens with one attached hydrogen (secondary N) is 2. The maximum Gasteiger partial charge on any atom is 0.256 e. The summed E-state index contributed by atoms with van der Waals surface area (Å²) in [4.78, 5) is 12.3. The maximum absolute atomic E-state index is 12.3. The van der Waals surface area contributed by atoms with Gasteiger partial charge in [0.05, 0.1) is 7.11 Å². The normalized spacial score (nSPS) is 10.3. The average molecular weight is 348 g/mol. The van der Waals surface area contributed by atoms with Gasteiger partial charge in [0.25, 0.3) is 5.91 Å². The molecule has 0 unspecified atom stereocenters. The molecule has 1 amide bonds. The highest BCUT2D eigenvalue weighted by Crippen LogP contribution is 2.23. The van der Waals surface area contributed by atoms with Gasteiger partial charge in [-0.3, -0.25) is 4.79 Å². The van der Waals surface area contributed by atoms with Crippen LogP contribution in [0.5, 0.6) is 5.75 Å². The molecule has 132 valence electrons. The van der Waals surface area contributed by atoms with Crippen molar-refractivity contribution >= 4 is 23.2 Å². The van der Waals surface area contributed by atoms with Crippen molar-refractivity contribution in [1.82, 2.24) is 10.2 Å². The number of amides is 1. The Morgan fingerprint density at radius 2 is 1.58 bits per heavy atom. The molecule has 0 aliphatic carbocycles. The fourth-order valence-corrected chi connectivity index (χ4v) is 2.56. The second-order valence-electron chi connectivity index (χ2n) is 5.88. The zero-order valence-electron chi connectivity index (χ0n) is 14.9. The molecule has 0 saturated heterocycles. The number of rotatable bonds is 5. The van der Waals surface area contributed by atoms with E-state index in [0.29, 0.717) is 22.9 Å². The largest absolute Gasteiger partial charge is 0.497 e. The van der Waals surface area contributed by atoms with E-state index in [0.717, 1.165) is 16.8 Å². The van der Waals surface area contributed by atoms with Gasteiger partial charge in [0.15, 0.2) is 11.6 Å². The number of benzene rings is 2. The Morgan fingerprint density at radius 3 is 2.23 bits per heavy atom. The lowest BCUT2D eigenvalue weighted by Gasteiger charge is -2.11. The van der Waals surface area contributed by atoms with Crippen LogP contribution in [-0.2, 0) is 0 Å². The first-order chi connectivity index (χ1) is 12.6. The van der Waals surface area contributed by atoms with E-state index in [1.807, 2.05) is 32.0 Å². The van der Waals surface area contributed by atoms with Gasteiger partial charge in [0.1, 0.15) is 5.75 Å². The molecule has 2 aromatic carbocycles. The number of carbonyl (C=O) groups is 1. The molecule has 0 radical (unpaired) electrons. The molecule has 0 saturated carbocycles. The number of aromatic nitrogens is 2. The number of hydrogen-bond donors (Lipinski definition) is 2. The Balaban J connectivity index is 1.70. The molecule has 1 aromatic heterocycles. The number of ether oxygens (including phenoxy) is 1. The third-order valence-electron chi connectivity index (χ3n) is 3.97. The van der Waals surface area contributed by atoms with Gasteiger partial charge in [0.2, 0.25) is 0 Å². The smallest absolute Gasteiger partial charge is 0.256 e. The highest BCUT2D eigenvalue weighted by molar-refractivity contribution is 6.04. The van der Waals surface area contributed by atoms with Crippen molar-refractivity contribution in [3.05, 3.63) is 71.3 Å². The molecule has 0 atom stereocenters. The standard InChI is InChI=1S/C20H20N4O2/c1-13-6-4-7-14(2)19(13)21-17-10-11-18(24-23-17)22-20(25)15-8-5-9-16(12-15)26-3/h4-12H,1-3H3,(H,21,23)(H,22,24,25). The SMILES string of the molecule is COc1cccc(C(=O)Nc2ccc(Nc3c(C)cccc3C)nn2)c1. The fraction of sp³-hybridized carbons (Fsp3) is 0.150. The van der Waals surface area contributed by atoms with E-state index >= 15 is 0 Å². The summed E-state index contributed by atoms with van der Waals surface area (Å²) in [6.45, 7) is 4.07. The van der Waals surface area contributed by atoms with Crippen LogP contribution in [0, 0.1) is 13.8 Å².